The van der Waals surface area contributed by atoms with E-state index < -0.39 is 17.5 Å². The first-order valence-electron chi connectivity index (χ1n) is 5.89. The third kappa shape index (κ3) is 4.61. The van der Waals surface area contributed by atoms with Gasteiger partial charge in [-0.25, -0.2) is 4.79 Å². The maximum atomic E-state index is 12.0. The van der Waals surface area contributed by atoms with Crippen LogP contribution < -0.4 is 5.32 Å². The van der Waals surface area contributed by atoms with Crippen LogP contribution in [0.15, 0.2) is 10.6 Å². The second kappa shape index (κ2) is 5.73. The molecule has 0 aliphatic rings. The summed E-state index contributed by atoms with van der Waals surface area (Å²) in [6, 6.07) is 1.25. The van der Waals surface area contributed by atoms with E-state index in [1.807, 2.05) is 0 Å². The first-order chi connectivity index (χ1) is 8.70. The molecule has 0 aromatic carbocycles. The highest BCUT2D eigenvalue weighted by molar-refractivity contribution is 5.80. The molecule has 2 N–H and O–H groups in total. The van der Waals surface area contributed by atoms with Gasteiger partial charge in [-0.15, -0.1) is 0 Å². The van der Waals surface area contributed by atoms with E-state index in [4.69, 9.17) is 9.63 Å². The zero-order chi connectivity index (χ0) is 14.6. The molecule has 0 unspecified atom stereocenters. The van der Waals surface area contributed by atoms with Crippen LogP contribution in [-0.2, 0) is 11.3 Å². The van der Waals surface area contributed by atoms with Crippen LogP contribution in [0, 0.1) is 6.92 Å². The molecule has 19 heavy (non-hydrogen) atoms. The number of hydrogen-bond acceptors (Lipinski definition) is 4. The number of rotatable bonds is 4. The molecule has 0 saturated carbocycles. The lowest BCUT2D eigenvalue weighted by Gasteiger charge is -2.34. The fraction of sp³-hybridized carbons (Fsp3) is 0.583. The lowest BCUT2D eigenvalue weighted by Crippen LogP contribution is -2.52. The first kappa shape index (κ1) is 15.0. The van der Waals surface area contributed by atoms with Crippen LogP contribution in [0.3, 0.4) is 0 Å². The number of aromatic nitrogens is 1. The minimum Gasteiger partial charge on any atom is -0.480 e. The van der Waals surface area contributed by atoms with E-state index in [0.29, 0.717) is 5.76 Å². The van der Waals surface area contributed by atoms with E-state index in [9.17, 15) is 9.59 Å². The van der Waals surface area contributed by atoms with Crippen molar-refractivity contribution in [1.82, 2.24) is 15.4 Å². The molecule has 0 bridgehead atoms. The van der Waals surface area contributed by atoms with E-state index in [2.05, 4.69) is 10.5 Å². The van der Waals surface area contributed by atoms with Crippen molar-refractivity contribution < 1.29 is 19.2 Å². The van der Waals surface area contributed by atoms with Crippen molar-refractivity contribution >= 4 is 12.0 Å². The number of nitrogens with one attached hydrogen (secondary N) is 1. The standard InChI is InChI=1S/C12H19N3O4/c1-8-5-9(19-14-8)6-13-11(18)15(7-10(16)17)12(2,3)4/h5H,6-7H2,1-4H3,(H,13,18)(H,16,17). The van der Waals surface area contributed by atoms with Gasteiger partial charge in [-0.1, -0.05) is 5.16 Å². The minimum absolute atomic E-state index is 0.172. The van der Waals surface area contributed by atoms with Gasteiger partial charge in [0, 0.05) is 11.6 Å². The summed E-state index contributed by atoms with van der Waals surface area (Å²) in [5, 5.41) is 15.2. The maximum Gasteiger partial charge on any atom is 0.323 e. The number of aryl methyl sites for hydroxylation is 1. The van der Waals surface area contributed by atoms with Crippen molar-refractivity contribution in [2.45, 2.75) is 39.8 Å². The number of urea groups is 1. The number of amides is 2. The summed E-state index contributed by atoms with van der Waals surface area (Å²) in [5.41, 5.74) is 0.141. The monoisotopic (exact) mass is 269 g/mol. The van der Waals surface area contributed by atoms with Gasteiger partial charge in [0.15, 0.2) is 5.76 Å². The molecule has 7 heteroatoms. The molecule has 0 atom stereocenters. The largest absolute Gasteiger partial charge is 0.480 e. The average Bonchev–Trinajstić information content (AvgIpc) is 2.67. The highest BCUT2D eigenvalue weighted by Crippen LogP contribution is 2.13. The zero-order valence-electron chi connectivity index (χ0n) is 11.6. The van der Waals surface area contributed by atoms with Crippen LogP contribution in [0.25, 0.3) is 0 Å². The third-order valence-corrected chi connectivity index (χ3v) is 2.44. The molecule has 0 spiro atoms. The molecule has 106 valence electrons. The van der Waals surface area contributed by atoms with Crippen LogP contribution in [0.2, 0.25) is 0 Å². The zero-order valence-corrected chi connectivity index (χ0v) is 11.6. The fourth-order valence-electron chi connectivity index (χ4n) is 1.51. The average molecular weight is 269 g/mol. The van der Waals surface area contributed by atoms with Crippen molar-refractivity contribution in [2.75, 3.05) is 6.54 Å². The molecule has 0 saturated heterocycles. The van der Waals surface area contributed by atoms with Crippen molar-refractivity contribution in [1.29, 1.82) is 0 Å². The van der Waals surface area contributed by atoms with Gasteiger partial charge in [-0.3, -0.25) is 4.79 Å². The summed E-state index contributed by atoms with van der Waals surface area (Å²) >= 11 is 0. The lowest BCUT2D eigenvalue weighted by molar-refractivity contribution is -0.138. The Morgan fingerprint density at radius 3 is 2.53 bits per heavy atom. The van der Waals surface area contributed by atoms with Crippen LogP contribution in [0.5, 0.6) is 0 Å². The van der Waals surface area contributed by atoms with Gasteiger partial charge in [0.25, 0.3) is 0 Å². The Bertz CT molecular complexity index is 462. The number of carboxylic acids is 1. The van der Waals surface area contributed by atoms with Crippen molar-refractivity contribution in [3.63, 3.8) is 0 Å². The predicted octanol–water partition coefficient (Wildman–Crippen LogP) is 1.38. The molecule has 2 amide bonds. The van der Waals surface area contributed by atoms with E-state index in [1.54, 1.807) is 33.8 Å². The van der Waals surface area contributed by atoms with Crippen molar-refractivity contribution in [3.05, 3.63) is 17.5 Å². The van der Waals surface area contributed by atoms with Crippen LogP contribution in [0.1, 0.15) is 32.2 Å². The Kier molecular flexibility index (Phi) is 4.52. The second-order valence-corrected chi connectivity index (χ2v) is 5.24. The summed E-state index contributed by atoms with van der Waals surface area (Å²) < 4.78 is 4.96. The Balaban J connectivity index is 2.64. The quantitative estimate of drug-likeness (QED) is 0.860. The van der Waals surface area contributed by atoms with Crippen molar-refractivity contribution in [3.8, 4) is 0 Å². The third-order valence-electron chi connectivity index (χ3n) is 2.44. The topological polar surface area (TPSA) is 95.7 Å². The molecule has 0 aliphatic heterocycles. The Morgan fingerprint density at radius 2 is 2.11 bits per heavy atom. The lowest BCUT2D eigenvalue weighted by atomic mass is 10.1. The summed E-state index contributed by atoms with van der Waals surface area (Å²) in [4.78, 5) is 24.0. The van der Waals surface area contributed by atoms with Gasteiger partial charge in [0.05, 0.1) is 12.2 Å². The van der Waals surface area contributed by atoms with Gasteiger partial charge in [-0.05, 0) is 27.7 Å². The van der Waals surface area contributed by atoms with Gasteiger partial charge < -0.3 is 19.8 Å². The number of carboxylic acid groups (broad SMARTS) is 1. The van der Waals surface area contributed by atoms with Crippen molar-refractivity contribution in [2.24, 2.45) is 0 Å². The summed E-state index contributed by atoms with van der Waals surface area (Å²) in [7, 11) is 0. The molecule has 1 rings (SSSR count). The molecule has 0 aliphatic carbocycles. The van der Waals surface area contributed by atoms with Gasteiger partial charge in [0.1, 0.15) is 6.54 Å². The molecular formula is C12H19N3O4. The Morgan fingerprint density at radius 1 is 1.47 bits per heavy atom. The molecule has 1 aromatic heterocycles. The predicted molar refractivity (Wildman–Crippen MR) is 67.6 cm³/mol. The number of nitrogens with zero attached hydrogens (tertiary/aromatic N) is 2. The molecule has 1 heterocycles. The minimum atomic E-state index is -1.06. The van der Waals surface area contributed by atoms with E-state index in [-0.39, 0.29) is 13.1 Å². The summed E-state index contributed by atoms with van der Waals surface area (Å²) in [5.74, 6) is -0.532. The molecule has 0 fully saturated rings. The summed E-state index contributed by atoms with van der Waals surface area (Å²) in [6.07, 6.45) is 0. The highest BCUT2D eigenvalue weighted by Gasteiger charge is 2.28. The Hall–Kier alpha value is -2.05. The smallest absolute Gasteiger partial charge is 0.323 e. The van der Waals surface area contributed by atoms with E-state index >= 15 is 0 Å². The van der Waals surface area contributed by atoms with Gasteiger partial charge in [-0.2, -0.15) is 0 Å². The molecule has 1 aromatic rings. The van der Waals surface area contributed by atoms with Crippen LogP contribution in [0.4, 0.5) is 4.79 Å². The second-order valence-electron chi connectivity index (χ2n) is 5.24. The van der Waals surface area contributed by atoms with E-state index in [0.717, 1.165) is 5.69 Å². The maximum absolute atomic E-state index is 12.0. The number of hydrogen-bond donors (Lipinski definition) is 2. The molecule has 0 radical (unpaired) electrons. The van der Waals surface area contributed by atoms with Crippen LogP contribution >= 0.6 is 0 Å². The Labute approximate surface area is 111 Å². The first-order valence-corrected chi connectivity index (χ1v) is 5.89. The number of carbonyl (C=O) groups excluding carboxylic acids is 1. The van der Waals surface area contributed by atoms with E-state index in [1.165, 1.54) is 4.90 Å². The number of aliphatic carboxylic acids is 1. The van der Waals surface area contributed by atoms with Crippen LogP contribution in [-0.4, -0.2) is 39.2 Å². The molecule has 7 nitrogen and oxygen atoms in total. The summed E-state index contributed by atoms with van der Waals surface area (Å²) in [6.45, 7) is 6.91. The normalized spacial score (nSPS) is 11.2. The fourth-order valence-corrected chi connectivity index (χ4v) is 1.51. The SMILES string of the molecule is Cc1cc(CNC(=O)N(CC(=O)O)C(C)(C)C)on1. The highest BCUT2D eigenvalue weighted by atomic mass is 16.5. The molecular weight excluding hydrogens is 250 g/mol. The van der Waals surface area contributed by atoms with Gasteiger partial charge >= 0.3 is 12.0 Å². The van der Waals surface area contributed by atoms with Gasteiger partial charge in [0.2, 0.25) is 0 Å². The number of carbonyl (C=O) groups is 2.